The Bertz CT molecular complexity index is 927. The van der Waals surface area contributed by atoms with Crippen LogP contribution in [0.1, 0.15) is 71.1 Å². The molecule has 0 aromatic rings. The van der Waals surface area contributed by atoms with Crippen LogP contribution < -0.4 is 0 Å². The van der Waals surface area contributed by atoms with Crippen LogP contribution in [0.15, 0.2) is 24.3 Å². The molecule has 5 aliphatic rings. The number of unbranched alkanes of at least 4 members (excludes halogenated alkanes) is 2. The summed E-state index contributed by atoms with van der Waals surface area (Å²) in [5.41, 5.74) is -2.25. The molecule has 1 aliphatic carbocycles. The van der Waals surface area contributed by atoms with Crippen LogP contribution in [0, 0.1) is 11.8 Å². The van der Waals surface area contributed by atoms with E-state index in [1.807, 2.05) is 36.1 Å². The van der Waals surface area contributed by atoms with E-state index < -0.39 is 35.0 Å². The Hall–Kier alpha value is -2.19. The molecule has 4 aliphatic heterocycles. The minimum Gasteiger partial charge on any atom is -0.465 e. The van der Waals surface area contributed by atoms with Gasteiger partial charge in [-0.3, -0.25) is 14.4 Å². The van der Waals surface area contributed by atoms with Crippen molar-refractivity contribution < 1.29 is 29.0 Å². The number of rotatable bonds is 6. The van der Waals surface area contributed by atoms with Gasteiger partial charge < -0.3 is 24.4 Å². The molecule has 1 unspecified atom stereocenters. The van der Waals surface area contributed by atoms with Gasteiger partial charge in [0.05, 0.1) is 18.1 Å². The summed E-state index contributed by atoms with van der Waals surface area (Å²) in [6.45, 7) is 3.15. The lowest BCUT2D eigenvalue weighted by atomic mass is 9.74. The van der Waals surface area contributed by atoms with E-state index in [0.29, 0.717) is 32.5 Å². The average molecular weight is 501 g/mol. The van der Waals surface area contributed by atoms with Crippen molar-refractivity contribution in [3.63, 3.8) is 0 Å². The summed E-state index contributed by atoms with van der Waals surface area (Å²) in [5.74, 6) is -2.33. The van der Waals surface area contributed by atoms with Crippen LogP contribution in [0.2, 0.25) is 0 Å². The molecule has 0 radical (unpaired) electrons. The van der Waals surface area contributed by atoms with Crippen LogP contribution in [0.5, 0.6) is 0 Å². The summed E-state index contributed by atoms with van der Waals surface area (Å²) < 4.78 is 12.4. The van der Waals surface area contributed by atoms with Crippen LogP contribution in [-0.4, -0.2) is 82.3 Å². The predicted molar refractivity (Wildman–Crippen MR) is 133 cm³/mol. The highest BCUT2D eigenvalue weighted by Gasteiger charge is 2.74. The lowest BCUT2D eigenvalue weighted by Gasteiger charge is -2.40. The third kappa shape index (κ3) is 4.20. The molecule has 8 heteroatoms. The standard InChI is InChI=1S/C28H40N2O6/c1-27-14-7-3-10-19-35-26(34)22(27)21-24(32)30(16-8-4-9-18-31)23-25(33)29(20-12-5-2-6-13-20)17-11-15-28(21,23)36-27/h7,11,14-15,20-23,31H,2-6,8-10,12-13,16-19H2,1H3/b14-7-/t21-,22+,23?,27-,28-/m0/s1. The van der Waals surface area contributed by atoms with Gasteiger partial charge in [0.2, 0.25) is 11.8 Å². The molecule has 0 aromatic heterocycles. The van der Waals surface area contributed by atoms with E-state index >= 15 is 0 Å². The van der Waals surface area contributed by atoms with Crippen LogP contribution in [0.4, 0.5) is 0 Å². The number of hydrogen-bond acceptors (Lipinski definition) is 6. The number of allylic oxidation sites excluding steroid dienone is 1. The number of carbonyl (C=O) groups excluding carboxylic acids is 3. The normalized spacial score (nSPS) is 37.9. The first-order valence-electron chi connectivity index (χ1n) is 13.9. The van der Waals surface area contributed by atoms with Crippen molar-refractivity contribution in [2.75, 3.05) is 26.3 Å². The lowest BCUT2D eigenvalue weighted by molar-refractivity contribution is -0.160. The Kier molecular flexibility index (Phi) is 7.27. The van der Waals surface area contributed by atoms with E-state index in [4.69, 9.17) is 9.47 Å². The number of nitrogens with zero attached hydrogens (tertiary/aromatic N) is 2. The summed E-state index contributed by atoms with van der Waals surface area (Å²) in [6.07, 6.45) is 16.7. The SMILES string of the molecule is C[C@]12/C=C\CCCOC(=O)[C@H]1[C@H]1C(=O)N(CCCCCO)C3C(=O)N(C4CCCCC4)CC=C[C@@]31O2. The molecule has 36 heavy (non-hydrogen) atoms. The van der Waals surface area contributed by atoms with E-state index in [9.17, 15) is 19.5 Å². The molecule has 198 valence electrons. The minimum atomic E-state index is -1.21. The monoisotopic (exact) mass is 500 g/mol. The molecule has 1 spiro atoms. The molecule has 0 aromatic carbocycles. The molecule has 5 rings (SSSR count). The Morgan fingerprint density at radius 1 is 0.972 bits per heavy atom. The van der Waals surface area contributed by atoms with Gasteiger partial charge in [0.15, 0.2) is 0 Å². The Morgan fingerprint density at radius 2 is 1.78 bits per heavy atom. The van der Waals surface area contributed by atoms with E-state index in [2.05, 4.69) is 0 Å². The van der Waals surface area contributed by atoms with Gasteiger partial charge >= 0.3 is 5.97 Å². The maximum atomic E-state index is 14.3. The zero-order valence-electron chi connectivity index (χ0n) is 21.4. The molecule has 5 atom stereocenters. The average Bonchev–Trinajstić information content (AvgIpc) is 3.21. The molecule has 0 bridgehead atoms. The van der Waals surface area contributed by atoms with Crippen LogP contribution in [0.3, 0.4) is 0 Å². The van der Waals surface area contributed by atoms with Crippen molar-refractivity contribution in [1.29, 1.82) is 0 Å². The molecule has 4 heterocycles. The first-order chi connectivity index (χ1) is 17.4. The van der Waals surface area contributed by atoms with Gasteiger partial charge in [-0.05, 0) is 51.9 Å². The zero-order chi connectivity index (χ0) is 25.3. The zero-order valence-corrected chi connectivity index (χ0v) is 21.4. The third-order valence-corrected chi connectivity index (χ3v) is 8.85. The fourth-order valence-electron chi connectivity index (χ4n) is 7.18. The highest BCUT2D eigenvalue weighted by atomic mass is 16.6. The quantitative estimate of drug-likeness (QED) is 0.342. The van der Waals surface area contributed by atoms with Crippen molar-refractivity contribution in [2.24, 2.45) is 11.8 Å². The Labute approximate surface area is 213 Å². The number of carbonyl (C=O) groups is 3. The molecule has 2 saturated heterocycles. The van der Waals surface area contributed by atoms with Crippen molar-refractivity contribution in [2.45, 2.75) is 94.4 Å². The van der Waals surface area contributed by atoms with Crippen LogP contribution >= 0.6 is 0 Å². The second-order valence-corrected chi connectivity index (χ2v) is 11.2. The molecule has 2 amide bonds. The summed E-state index contributed by atoms with van der Waals surface area (Å²) in [6, 6.07) is -0.645. The van der Waals surface area contributed by atoms with E-state index in [-0.39, 0.29) is 24.5 Å². The smallest absolute Gasteiger partial charge is 0.313 e. The highest BCUT2D eigenvalue weighted by molar-refractivity contribution is 5.99. The first-order valence-corrected chi connectivity index (χ1v) is 13.9. The largest absolute Gasteiger partial charge is 0.465 e. The predicted octanol–water partition coefficient (Wildman–Crippen LogP) is 2.74. The second kappa shape index (κ2) is 10.3. The minimum absolute atomic E-state index is 0.0719. The van der Waals surface area contributed by atoms with E-state index in [1.165, 1.54) is 6.42 Å². The number of amides is 2. The molecule has 3 fully saturated rings. The van der Waals surface area contributed by atoms with Crippen LogP contribution in [-0.2, 0) is 23.9 Å². The fourth-order valence-corrected chi connectivity index (χ4v) is 7.18. The maximum absolute atomic E-state index is 14.3. The molecular formula is C28H40N2O6. The summed E-state index contributed by atoms with van der Waals surface area (Å²) in [4.78, 5) is 45.5. The number of hydrogen-bond donors (Lipinski definition) is 1. The van der Waals surface area contributed by atoms with Gasteiger partial charge in [0.25, 0.3) is 0 Å². The highest BCUT2D eigenvalue weighted by Crippen LogP contribution is 2.57. The first kappa shape index (κ1) is 25.5. The Morgan fingerprint density at radius 3 is 2.56 bits per heavy atom. The second-order valence-electron chi connectivity index (χ2n) is 11.2. The van der Waals surface area contributed by atoms with Gasteiger partial charge in [-0.15, -0.1) is 0 Å². The molecule has 8 nitrogen and oxygen atoms in total. The van der Waals surface area contributed by atoms with Crippen molar-refractivity contribution in [3.8, 4) is 0 Å². The lowest BCUT2D eigenvalue weighted by Crippen LogP contribution is -2.57. The number of esters is 1. The molecule has 1 N–H and O–H groups in total. The fraction of sp³-hybridized carbons (Fsp3) is 0.750. The third-order valence-electron chi connectivity index (χ3n) is 8.85. The maximum Gasteiger partial charge on any atom is 0.313 e. The Balaban J connectivity index is 1.56. The van der Waals surface area contributed by atoms with Gasteiger partial charge in [0, 0.05) is 25.7 Å². The number of aliphatic hydroxyl groups is 1. The van der Waals surface area contributed by atoms with Crippen molar-refractivity contribution >= 4 is 17.8 Å². The van der Waals surface area contributed by atoms with E-state index in [1.54, 1.807) is 4.90 Å². The number of likely N-dealkylation sites (tertiary alicyclic amines) is 1. The number of aliphatic hydroxyl groups excluding tert-OH is 1. The van der Waals surface area contributed by atoms with Crippen molar-refractivity contribution in [1.82, 2.24) is 9.80 Å². The van der Waals surface area contributed by atoms with Gasteiger partial charge in [-0.2, -0.15) is 0 Å². The molecule has 1 saturated carbocycles. The summed E-state index contributed by atoms with van der Waals surface area (Å²) in [5, 5.41) is 9.22. The van der Waals surface area contributed by atoms with Gasteiger partial charge in [-0.25, -0.2) is 0 Å². The topological polar surface area (TPSA) is 96.4 Å². The van der Waals surface area contributed by atoms with Gasteiger partial charge in [0.1, 0.15) is 17.6 Å². The van der Waals surface area contributed by atoms with Crippen LogP contribution in [0.25, 0.3) is 0 Å². The number of fused-ring (bicyclic) bond motifs is 2. The van der Waals surface area contributed by atoms with E-state index in [0.717, 1.165) is 44.9 Å². The van der Waals surface area contributed by atoms with Crippen molar-refractivity contribution in [3.05, 3.63) is 24.3 Å². The number of ether oxygens (including phenoxy) is 2. The summed E-state index contributed by atoms with van der Waals surface area (Å²) in [7, 11) is 0. The van der Waals surface area contributed by atoms with Gasteiger partial charge in [-0.1, -0.05) is 43.6 Å². The summed E-state index contributed by atoms with van der Waals surface area (Å²) >= 11 is 0. The number of cyclic esters (lactones) is 1. The molecular weight excluding hydrogens is 460 g/mol.